The van der Waals surface area contributed by atoms with Gasteiger partial charge in [0.2, 0.25) is 0 Å². The highest BCUT2D eigenvalue weighted by atomic mass is 127. The number of terminal acetylenes is 1. The molecular formula is C19H25IN2O2. The Morgan fingerprint density at radius 3 is 2.46 bits per heavy atom. The Labute approximate surface area is 158 Å². The average molecular weight is 440 g/mol. The Kier molecular flexibility index (Phi) is 6.02. The van der Waals surface area contributed by atoms with Gasteiger partial charge in [-0.15, -0.1) is 12.3 Å². The zero-order valence-electron chi connectivity index (χ0n) is 14.9. The lowest BCUT2D eigenvalue weighted by Crippen LogP contribution is -2.50. The molecule has 1 aliphatic rings. The second kappa shape index (κ2) is 7.64. The van der Waals surface area contributed by atoms with E-state index in [9.17, 15) is 4.79 Å². The minimum absolute atomic E-state index is 0.228. The van der Waals surface area contributed by atoms with Crippen LogP contribution in [0.2, 0.25) is 0 Å². The normalized spacial score (nSPS) is 15.2. The molecule has 0 saturated carbocycles. The number of anilines is 1. The average Bonchev–Trinajstić information content (AvgIpc) is 2.50. The van der Waals surface area contributed by atoms with Crippen molar-refractivity contribution < 1.29 is 9.53 Å². The van der Waals surface area contributed by atoms with Gasteiger partial charge in [-0.05, 0) is 73.5 Å². The van der Waals surface area contributed by atoms with Crippen LogP contribution in [0.1, 0.15) is 31.9 Å². The third kappa shape index (κ3) is 4.79. The van der Waals surface area contributed by atoms with Crippen LogP contribution in [0.5, 0.6) is 0 Å². The largest absolute Gasteiger partial charge is 0.444 e. The van der Waals surface area contributed by atoms with E-state index in [1.54, 1.807) is 4.90 Å². The van der Waals surface area contributed by atoms with E-state index in [-0.39, 0.29) is 6.09 Å². The van der Waals surface area contributed by atoms with Crippen molar-refractivity contribution >= 4 is 34.4 Å². The number of ether oxygens (including phenoxy) is 1. The van der Waals surface area contributed by atoms with Crippen molar-refractivity contribution in [1.29, 1.82) is 0 Å². The first kappa shape index (κ1) is 18.9. The van der Waals surface area contributed by atoms with E-state index in [1.165, 1.54) is 20.4 Å². The predicted molar refractivity (Wildman–Crippen MR) is 106 cm³/mol. The number of carbonyl (C=O) groups is 1. The van der Waals surface area contributed by atoms with Crippen LogP contribution < -0.4 is 4.90 Å². The second-order valence-corrected chi connectivity index (χ2v) is 8.21. The van der Waals surface area contributed by atoms with Crippen LogP contribution in [0.25, 0.3) is 0 Å². The smallest absolute Gasteiger partial charge is 0.410 e. The molecule has 1 fully saturated rings. The monoisotopic (exact) mass is 440 g/mol. The number of amides is 1. The highest BCUT2D eigenvalue weighted by Crippen LogP contribution is 2.26. The Balaban J connectivity index is 2.05. The molecule has 0 atom stereocenters. The van der Waals surface area contributed by atoms with Crippen molar-refractivity contribution in [3.8, 4) is 12.3 Å². The van der Waals surface area contributed by atoms with Crippen molar-refractivity contribution in [1.82, 2.24) is 4.90 Å². The van der Waals surface area contributed by atoms with Gasteiger partial charge in [-0.1, -0.05) is 0 Å². The quantitative estimate of drug-likeness (QED) is 0.518. The summed E-state index contributed by atoms with van der Waals surface area (Å²) in [5, 5.41) is 0. The highest BCUT2D eigenvalue weighted by molar-refractivity contribution is 14.1. The molecule has 1 aromatic carbocycles. The molecule has 0 bridgehead atoms. The molecule has 1 saturated heterocycles. The lowest BCUT2D eigenvalue weighted by molar-refractivity contribution is 0.0240. The minimum atomic E-state index is -0.453. The minimum Gasteiger partial charge on any atom is -0.444 e. The van der Waals surface area contributed by atoms with Crippen molar-refractivity contribution in [3.05, 3.63) is 26.8 Å². The number of hydrogen-bond acceptors (Lipinski definition) is 3. The third-order valence-corrected chi connectivity index (χ3v) is 5.15. The fraction of sp³-hybridized carbons (Fsp3) is 0.526. The van der Waals surface area contributed by atoms with Crippen molar-refractivity contribution in [3.63, 3.8) is 0 Å². The Bertz CT molecular complexity index is 651. The molecule has 0 N–H and O–H groups in total. The fourth-order valence-electron chi connectivity index (χ4n) is 2.67. The van der Waals surface area contributed by atoms with E-state index >= 15 is 0 Å². The Morgan fingerprint density at radius 2 is 1.92 bits per heavy atom. The van der Waals surface area contributed by atoms with E-state index in [0.29, 0.717) is 19.5 Å². The van der Waals surface area contributed by atoms with Gasteiger partial charge in [-0.25, -0.2) is 4.79 Å². The summed E-state index contributed by atoms with van der Waals surface area (Å²) in [6.07, 6.45) is 5.90. The molecule has 1 aromatic rings. The molecule has 4 nitrogen and oxygen atoms in total. The zero-order valence-corrected chi connectivity index (χ0v) is 17.0. The van der Waals surface area contributed by atoms with Crippen LogP contribution in [-0.2, 0) is 11.2 Å². The molecule has 0 unspecified atom stereocenters. The summed E-state index contributed by atoms with van der Waals surface area (Å²) in [6, 6.07) is 4.37. The molecule has 130 valence electrons. The maximum absolute atomic E-state index is 12.2. The van der Waals surface area contributed by atoms with Gasteiger partial charge in [-0.3, -0.25) is 0 Å². The van der Waals surface area contributed by atoms with Crippen LogP contribution in [-0.4, -0.2) is 42.8 Å². The summed E-state index contributed by atoms with van der Waals surface area (Å²) in [6.45, 7) is 10.7. The summed E-state index contributed by atoms with van der Waals surface area (Å²) in [4.78, 5) is 16.2. The molecule has 0 radical (unpaired) electrons. The van der Waals surface area contributed by atoms with E-state index < -0.39 is 5.60 Å². The second-order valence-electron chi connectivity index (χ2n) is 7.05. The third-order valence-electron chi connectivity index (χ3n) is 4.03. The van der Waals surface area contributed by atoms with Gasteiger partial charge in [0, 0.05) is 41.9 Å². The van der Waals surface area contributed by atoms with Gasteiger partial charge in [0.1, 0.15) is 5.60 Å². The Morgan fingerprint density at radius 1 is 1.29 bits per heavy atom. The number of piperazine rings is 1. The molecule has 2 rings (SSSR count). The van der Waals surface area contributed by atoms with Gasteiger partial charge >= 0.3 is 6.09 Å². The van der Waals surface area contributed by atoms with Crippen LogP contribution >= 0.6 is 22.6 Å². The number of benzene rings is 1. The lowest BCUT2D eigenvalue weighted by atomic mass is 10.0. The summed E-state index contributed by atoms with van der Waals surface area (Å²) < 4.78 is 6.68. The van der Waals surface area contributed by atoms with E-state index in [1.807, 2.05) is 20.8 Å². The molecular weight excluding hydrogens is 415 g/mol. The van der Waals surface area contributed by atoms with Crippen molar-refractivity contribution in [2.24, 2.45) is 0 Å². The molecule has 24 heavy (non-hydrogen) atoms. The zero-order chi connectivity index (χ0) is 17.9. The number of rotatable bonds is 2. The molecule has 0 spiro atoms. The molecule has 5 heteroatoms. The topological polar surface area (TPSA) is 32.8 Å². The lowest BCUT2D eigenvalue weighted by Gasteiger charge is -2.37. The summed E-state index contributed by atoms with van der Waals surface area (Å²) in [7, 11) is 0. The van der Waals surface area contributed by atoms with E-state index in [0.717, 1.165) is 13.1 Å². The maximum Gasteiger partial charge on any atom is 0.410 e. The first-order valence-electron chi connectivity index (χ1n) is 8.16. The number of hydrogen-bond donors (Lipinski definition) is 0. The van der Waals surface area contributed by atoms with Gasteiger partial charge in [0.15, 0.2) is 0 Å². The molecule has 0 aliphatic carbocycles. The van der Waals surface area contributed by atoms with Crippen molar-refractivity contribution in [2.45, 2.75) is 39.7 Å². The highest BCUT2D eigenvalue weighted by Gasteiger charge is 2.26. The summed E-state index contributed by atoms with van der Waals surface area (Å²) >= 11 is 2.36. The van der Waals surface area contributed by atoms with Gasteiger partial charge in [-0.2, -0.15) is 0 Å². The van der Waals surface area contributed by atoms with Crippen LogP contribution in [0, 0.1) is 22.8 Å². The first-order chi connectivity index (χ1) is 11.2. The molecule has 1 heterocycles. The Hall–Kier alpha value is -1.42. The van der Waals surface area contributed by atoms with Gasteiger partial charge in [0.25, 0.3) is 0 Å². The molecule has 1 amide bonds. The summed E-state index contributed by atoms with van der Waals surface area (Å²) in [5.74, 6) is 2.73. The molecule has 0 aromatic heterocycles. The van der Waals surface area contributed by atoms with Gasteiger partial charge < -0.3 is 14.5 Å². The van der Waals surface area contributed by atoms with Crippen molar-refractivity contribution in [2.75, 3.05) is 31.1 Å². The van der Waals surface area contributed by atoms with Gasteiger partial charge in [0.05, 0.1) is 0 Å². The van der Waals surface area contributed by atoms with Crippen LogP contribution in [0.15, 0.2) is 12.1 Å². The maximum atomic E-state index is 12.2. The number of nitrogens with zero attached hydrogens (tertiary/aromatic N) is 2. The van der Waals surface area contributed by atoms with Crippen LogP contribution in [0.3, 0.4) is 0 Å². The summed E-state index contributed by atoms with van der Waals surface area (Å²) in [5.41, 5.74) is 3.18. The van der Waals surface area contributed by atoms with E-state index in [2.05, 4.69) is 52.5 Å². The molecule has 1 aliphatic heterocycles. The van der Waals surface area contributed by atoms with Crippen LogP contribution in [0.4, 0.5) is 10.5 Å². The SMILES string of the molecule is C#CCc1cc(N2CCN(C(=O)OC(C)(C)C)CC2)cc(I)c1C. The predicted octanol–water partition coefficient (Wildman–Crippen LogP) is 3.83. The van der Waals surface area contributed by atoms with E-state index in [4.69, 9.17) is 11.2 Å². The first-order valence-corrected chi connectivity index (χ1v) is 9.24. The number of carbonyl (C=O) groups excluding carboxylic acids is 1. The standard InChI is InChI=1S/C19H25IN2O2/c1-6-7-15-12-16(13-17(20)14(15)2)21-8-10-22(11-9-21)18(23)24-19(3,4)5/h1,12-13H,7-11H2,2-5H3. The number of halogens is 1. The fourth-order valence-corrected chi connectivity index (χ4v) is 3.34.